The first-order valence-electron chi connectivity index (χ1n) is 5.97. The Kier molecular flexibility index (Phi) is 2.50. The van der Waals surface area contributed by atoms with Crippen LogP contribution in [0.5, 0.6) is 5.75 Å². The van der Waals surface area contributed by atoms with E-state index in [0.717, 1.165) is 27.6 Å². The highest BCUT2D eigenvalue weighted by atomic mass is 16.3. The Labute approximate surface area is 111 Å². The number of aromatic nitrogens is 1. The Morgan fingerprint density at radius 2 is 2.00 bits per heavy atom. The van der Waals surface area contributed by atoms with Gasteiger partial charge in [0.15, 0.2) is 5.69 Å². The molecule has 0 atom stereocenters. The van der Waals surface area contributed by atoms with Crippen molar-refractivity contribution in [2.75, 3.05) is 0 Å². The molecule has 1 heterocycles. The van der Waals surface area contributed by atoms with Crippen molar-refractivity contribution in [1.82, 2.24) is 4.98 Å². The van der Waals surface area contributed by atoms with Crippen LogP contribution in [0, 0.1) is 13.5 Å². The Bertz CT molecular complexity index is 809. The SMILES string of the molecule is [C-]#[N+]c1cc(-c2ccc(C)c(O)c2)c2cc[nH]c2c1. The van der Waals surface area contributed by atoms with Gasteiger partial charge >= 0.3 is 0 Å². The van der Waals surface area contributed by atoms with Crippen molar-refractivity contribution in [2.45, 2.75) is 6.92 Å². The van der Waals surface area contributed by atoms with Crippen LogP contribution in [-0.2, 0) is 0 Å². The van der Waals surface area contributed by atoms with E-state index in [1.807, 2.05) is 43.5 Å². The number of hydrogen-bond donors (Lipinski definition) is 2. The molecule has 0 radical (unpaired) electrons. The number of fused-ring (bicyclic) bond motifs is 1. The average molecular weight is 248 g/mol. The van der Waals surface area contributed by atoms with Crippen LogP contribution in [0.3, 0.4) is 0 Å². The fraction of sp³-hybridized carbons (Fsp3) is 0.0625. The van der Waals surface area contributed by atoms with E-state index in [1.165, 1.54) is 0 Å². The number of phenolic OH excluding ortho intramolecular Hbond substituents is 1. The molecule has 0 spiro atoms. The van der Waals surface area contributed by atoms with Crippen LogP contribution >= 0.6 is 0 Å². The molecule has 0 saturated carbocycles. The first kappa shape index (κ1) is 11.4. The van der Waals surface area contributed by atoms with Crippen molar-refractivity contribution in [3.05, 3.63) is 59.6 Å². The quantitative estimate of drug-likeness (QED) is 0.616. The summed E-state index contributed by atoms with van der Waals surface area (Å²) in [6.07, 6.45) is 1.86. The van der Waals surface area contributed by atoms with Gasteiger partial charge in [-0.1, -0.05) is 12.1 Å². The lowest BCUT2D eigenvalue weighted by atomic mass is 9.99. The maximum atomic E-state index is 9.84. The predicted molar refractivity (Wildman–Crippen MR) is 76.4 cm³/mol. The molecule has 0 aliphatic rings. The van der Waals surface area contributed by atoms with E-state index in [-0.39, 0.29) is 5.75 Å². The van der Waals surface area contributed by atoms with Crippen molar-refractivity contribution in [3.63, 3.8) is 0 Å². The third-order valence-electron chi connectivity index (χ3n) is 3.30. The van der Waals surface area contributed by atoms with Gasteiger partial charge in [0.2, 0.25) is 0 Å². The molecule has 19 heavy (non-hydrogen) atoms. The van der Waals surface area contributed by atoms with Gasteiger partial charge in [0.05, 0.1) is 6.57 Å². The standard InChI is InChI=1S/C16H12N2O/c1-10-3-4-11(7-16(10)19)14-8-12(17-2)9-15-13(14)5-6-18-15/h3-9,18-19H,1H3. The summed E-state index contributed by atoms with van der Waals surface area (Å²) >= 11 is 0. The summed E-state index contributed by atoms with van der Waals surface area (Å²) < 4.78 is 0. The average Bonchev–Trinajstić information content (AvgIpc) is 2.89. The number of nitrogens with zero attached hydrogens (tertiary/aromatic N) is 1. The van der Waals surface area contributed by atoms with Crippen LogP contribution < -0.4 is 0 Å². The van der Waals surface area contributed by atoms with E-state index in [0.29, 0.717) is 5.69 Å². The second-order valence-electron chi connectivity index (χ2n) is 4.55. The van der Waals surface area contributed by atoms with Crippen LogP contribution in [-0.4, -0.2) is 10.1 Å². The van der Waals surface area contributed by atoms with Gasteiger partial charge in [0.25, 0.3) is 0 Å². The molecule has 0 saturated heterocycles. The zero-order chi connectivity index (χ0) is 13.4. The molecule has 3 rings (SSSR count). The Hall–Kier alpha value is -2.73. The molecule has 3 nitrogen and oxygen atoms in total. The normalized spacial score (nSPS) is 10.5. The van der Waals surface area contributed by atoms with E-state index in [9.17, 15) is 5.11 Å². The van der Waals surface area contributed by atoms with Gasteiger partial charge in [-0.3, -0.25) is 0 Å². The van der Waals surface area contributed by atoms with Crippen molar-refractivity contribution >= 4 is 16.6 Å². The lowest BCUT2D eigenvalue weighted by Gasteiger charge is -2.07. The molecular weight excluding hydrogens is 236 g/mol. The van der Waals surface area contributed by atoms with Gasteiger partial charge in [-0.15, -0.1) is 0 Å². The first-order chi connectivity index (χ1) is 9.19. The topological polar surface area (TPSA) is 40.4 Å². The smallest absolute Gasteiger partial charge is 0.189 e. The molecule has 0 fully saturated rings. The molecule has 0 aliphatic carbocycles. The third-order valence-corrected chi connectivity index (χ3v) is 3.30. The zero-order valence-electron chi connectivity index (χ0n) is 10.4. The number of hydrogen-bond acceptors (Lipinski definition) is 1. The molecule has 3 heteroatoms. The highest BCUT2D eigenvalue weighted by Crippen LogP contribution is 2.34. The first-order valence-corrected chi connectivity index (χ1v) is 5.97. The minimum Gasteiger partial charge on any atom is -0.508 e. The number of H-pyrrole nitrogens is 1. The van der Waals surface area contributed by atoms with Gasteiger partial charge < -0.3 is 10.1 Å². The van der Waals surface area contributed by atoms with Crippen molar-refractivity contribution in [3.8, 4) is 16.9 Å². The Balaban J connectivity index is 2.31. The molecule has 92 valence electrons. The number of benzene rings is 2. The summed E-state index contributed by atoms with van der Waals surface area (Å²) in [7, 11) is 0. The van der Waals surface area contributed by atoms with Gasteiger partial charge in [-0.05, 0) is 47.9 Å². The van der Waals surface area contributed by atoms with E-state index < -0.39 is 0 Å². The molecule has 0 aliphatic heterocycles. The number of aromatic amines is 1. The molecular formula is C16H12N2O. The summed E-state index contributed by atoms with van der Waals surface area (Å²) in [5.41, 5.74) is 4.24. The van der Waals surface area contributed by atoms with Crippen LogP contribution in [0.1, 0.15) is 5.56 Å². The highest BCUT2D eigenvalue weighted by Gasteiger charge is 2.08. The largest absolute Gasteiger partial charge is 0.508 e. The summed E-state index contributed by atoms with van der Waals surface area (Å²) in [5, 5.41) is 10.9. The van der Waals surface area contributed by atoms with Gasteiger partial charge in [0.1, 0.15) is 5.75 Å². The monoisotopic (exact) mass is 248 g/mol. The van der Waals surface area contributed by atoms with E-state index >= 15 is 0 Å². The number of aryl methyl sites for hydroxylation is 1. The lowest BCUT2D eigenvalue weighted by Crippen LogP contribution is -1.82. The third kappa shape index (κ3) is 1.84. The number of rotatable bonds is 1. The molecule has 1 aromatic heterocycles. The van der Waals surface area contributed by atoms with Gasteiger partial charge in [-0.25, -0.2) is 4.85 Å². The number of phenols is 1. The number of aromatic hydroxyl groups is 1. The van der Waals surface area contributed by atoms with Crippen LogP contribution in [0.15, 0.2) is 42.6 Å². The minimum absolute atomic E-state index is 0.273. The number of nitrogens with one attached hydrogen (secondary N) is 1. The van der Waals surface area contributed by atoms with E-state index in [2.05, 4.69) is 9.83 Å². The summed E-state index contributed by atoms with van der Waals surface area (Å²) in [5.74, 6) is 0.273. The molecule has 2 N–H and O–H groups in total. The molecule has 0 bridgehead atoms. The highest BCUT2D eigenvalue weighted by molar-refractivity contribution is 5.98. The predicted octanol–water partition coefficient (Wildman–Crippen LogP) is 4.40. The second kappa shape index (κ2) is 4.18. The minimum atomic E-state index is 0.273. The molecule has 0 unspecified atom stereocenters. The van der Waals surface area contributed by atoms with Crippen molar-refractivity contribution in [2.24, 2.45) is 0 Å². The van der Waals surface area contributed by atoms with Crippen LogP contribution in [0.2, 0.25) is 0 Å². The summed E-state index contributed by atoms with van der Waals surface area (Å²) in [6.45, 7) is 9.03. The summed E-state index contributed by atoms with van der Waals surface area (Å²) in [4.78, 5) is 6.62. The molecule has 0 amide bonds. The van der Waals surface area contributed by atoms with E-state index in [4.69, 9.17) is 6.57 Å². The summed E-state index contributed by atoms with van der Waals surface area (Å²) in [6, 6.07) is 11.3. The fourth-order valence-corrected chi connectivity index (χ4v) is 2.23. The van der Waals surface area contributed by atoms with Crippen molar-refractivity contribution in [1.29, 1.82) is 0 Å². The molecule has 3 aromatic rings. The van der Waals surface area contributed by atoms with Gasteiger partial charge in [-0.2, -0.15) is 0 Å². The second-order valence-corrected chi connectivity index (χ2v) is 4.55. The maximum Gasteiger partial charge on any atom is 0.189 e. The van der Waals surface area contributed by atoms with E-state index in [1.54, 1.807) is 6.07 Å². The van der Waals surface area contributed by atoms with Crippen LogP contribution in [0.4, 0.5) is 5.69 Å². The Morgan fingerprint density at radius 1 is 1.16 bits per heavy atom. The van der Waals surface area contributed by atoms with Crippen LogP contribution in [0.25, 0.3) is 26.9 Å². The van der Waals surface area contributed by atoms with Crippen molar-refractivity contribution < 1.29 is 5.11 Å². The zero-order valence-corrected chi connectivity index (χ0v) is 10.4. The maximum absolute atomic E-state index is 9.84. The lowest BCUT2D eigenvalue weighted by molar-refractivity contribution is 0.471. The Morgan fingerprint density at radius 3 is 2.74 bits per heavy atom. The molecule has 2 aromatic carbocycles. The van der Waals surface area contributed by atoms with Gasteiger partial charge in [0, 0.05) is 17.1 Å². The fourth-order valence-electron chi connectivity index (χ4n) is 2.23.